The van der Waals surface area contributed by atoms with Crippen molar-refractivity contribution < 1.29 is 13.2 Å². The molecule has 0 aliphatic rings. The van der Waals surface area contributed by atoms with Gasteiger partial charge in [-0.25, -0.2) is 18.5 Å². The number of nitrogens with two attached hydrogens (primary N) is 1. The molecule has 3 N–H and O–H groups in total. The maximum absolute atomic E-state index is 12.7. The van der Waals surface area contributed by atoms with Crippen LogP contribution in [0.4, 0.5) is 5.13 Å². The maximum Gasteiger partial charge on any atom is 0.257 e. The fraction of sp³-hybridized carbons (Fsp3) is 0.0435. The van der Waals surface area contributed by atoms with Gasteiger partial charge in [-0.05, 0) is 42.8 Å². The summed E-state index contributed by atoms with van der Waals surface area (Å²) in [5, 5.41) is 8.86. The SMILES string of the molecule is Cc1ccc(-c2sc(NC(=O)c3ccc(S(N)(=O)=O)cc3)nc2-c2ccccc2Cl)cc1. The molecule has 1 amide bonds. The Morgan fingerprint density at radius 3 is 2.28 bits per heavy atom. The number of nitrogens with zero attached hydrogens (tertiary/aromatic N) is 1. The van der Waals surface area contributed by atoms with Crippen LogP contribution in [0.5, 0.6) is 0 Å². The molecule has 0 saturated heterocycles. The molecule has 0 atom stereocenters. The number of rotatable bonds is 5. The molecule has 0 radical (unpaired) electrons. The molecule has 3 aromatic carbocycles. The molecule has 0 aliphatic heterocycles. The molecule has 6 nitrogen and oxygen atoms in total. The van der Waals surface area contributed by atoms with Crippen LogP contribution in [-0.4, -0.2) is 19.3 Å². The number of sulfonamides is 1. The number of hydrogen-bond acceptors (Lipinski definition) is 5. The lowest BCUT2D eigenvalue weighted by atomic mass is 10.1. The number of amides is 1. The fourth-order valence-electron chi connectivity index (χ4n) is 3.08. The van der Waals surface area contributed by atoms with Gasteiger partial charge in [0.05, 0.1) is 20.5 Å². The van der Waals surface area contributed by atoms with Crippen LogP contribution in [0, 0.1) is 6.92 Å². The zero-order valence-corrected chi connectivity index (χ0v) is 19.3. The first-order valence-electron chi connectivity index (χ1n) is 9.49. The Balaban J connectivity index is 1.70. The number of hydrogen-bond donors (Lipinski definition) is 2. The van der Waals surface area contributed by atoms with Crippen LogP contribution in [-0.2, 0) is 10.0 Å². The van der Waals surface area contributed by atoms with E-state index in [4.69, 9.17) is 16.7 Å². The lowest BCUT2D eigenvalue weighted by Crippen LogP contribution is -2.14. The quantitative estimate of drug-likeness (QED) is 0.400. The number of nitrogens with one attached hydrogen (secondary N) is 1. The predicted octanol–water partition coefficient (Wildman–Crippen LogP) is 5.34. The highest BCUT2D eigenvalue weighted by molar-refractivity contribution is 7.89. The van der Waals surface area contributed by atoms with Crippen LogP contribution in [0.3, 0.4) is 0 Å². The molecule has 32 heavy (non-hydrogen) atoms. The second-order valence-electron chi connectivity index (χ2n) is 7.07. The van der Waals surface area contributed by atoms with Gasteiger partial charge < -0.3 is 0 Å². The molecule has 1 heterocycles. The third-order valence-electron chi connectivity index (χ3n) is 4.74. The number of carbonyl (C=O) groups is 1. The maximum atomic E-state index is 12.7. The molecule has 0 saturated carbocycles. The van der Waals surface area contributed by atoms with Crippen LogP contribution in [0.15, 0.2) is 77.7 Å². The monoisotopic (exact) mass is 483 g/mol. The Morgan fingerprint density at radius 2 is 1.66 bits per heavy atom. The Labute approximate surface area is 194 Å². The predicted molar refractivity (Wildman–Crippen MR) is 129 cm³/mol. The van der Waals surface area contributed by atoms with E-state index in [-0.39, 0.29) is 10.5 Å². The Morgan fingerprint density at radius 1 is 1.00 bits per heavy atom. The minimum Gasteiger partial charge on any atom is -0.298 e. The average Bonchev–Trinajstić information content (AvgIpc) is 3.17. The molecule has 0 unspecified atom stereocenters. The van der Waals surface area contributed by atoms with Gasteiger partial charge in [-0.1, -0.05) is 71.0 Å². The van der Waals surface area contributed by atoms with Crippen molar-refractivity contribution in [3.8, 4) is 21.7 Å². The number of aryl methyl sites for hydroxylation is 1. The first-order valence-corrected chi connectivity index (χ1v) is 12.2. The van der Waals surface area contributed by atoms with Crippen molar-refractivity contribution in [3.05, 3.63) is 88.9 Å². The van der Waals surface area contributed by atoms with Crippen LogP contribution < -0.4 is 10.5 Å². The van der Waals surface area contributed by atoms with Gasteiger partial charge in [-0.2, -0.15) is 0 Å². The van der Waals surface area contributed by atoms with E-state index >= 15 is 0 Å². The number of benzene rings is 3. The number of halogens is 1. The summed E-state index contributed by atoms with van der Waals surface area (Å²) in [6.45, 7) is 2.01. The summed E-state index contributed by atoms with van der Waals surface area (Å²) in [5.41, 5.74) is 3.81. The average molecular weight is 484 g/mol. The minimum absolute atomic E-state index is 0.0639. The van der Waals surface area contributed by atoms with Crippen molar-refractivity contribution >= 4 is 44.0 Å². The fourth-order valence-corrected chi connectivity index (χ4v) is 4.80. The van der Waals surface area contributed by atoms with E-state index < -0.39 is 15.9 Å². The van der Waals surface area contributed by atoms with Crippen LogP contribution in [0.25, 0.3) is 21.7 Å². The van der Waals surface area contributed by atoms with E-state index in [0.717, 1.165) is 21.6 Å². The molecular formula is C23H18ClN3O3S2. The first kappa shape index (κ1) is 22.2. The van der Waals surface area contributed by atoms with Crippen LogP contribution in [0.1, 0.15) is 15.9 Å². The van der Waals surface area contributed by atoms with E-state index in [2.05, 4.69) is 10.3 Å². The summed E-state index contributed by atoms with van der Waals surface area (Å²) in [7, 11) is -3.83. The molecule has 1 aromatic heterocycles. The van der Waals surface area contributed by atoms with E-state index in [0.29, 0.717) is 15.8 Å². The Kier molecular flexibility index (Phi) is 6.12. The van der Waals surface area contributed by atoms with Crippen LogP contribution >= 0.6 is 22.9 Å². The van der Waals surface area contributed by atoms with Crippen molar-refractivity contribution in [1.82, 2.24) is 4.98 Å². The van der Waals surface area contributed by atoms with Crippen LogP contribution in [0.2, 0.25) is 5.02 Å². The molecule has 0 aliphatic carbocycles. The van der Waals surface area contributed by atoms with Crippen molar-refractivity contribution in [2.45, 2.75) is 11.8 Å². The van der Waals surface area contributed by atoms with Gasteiger partial charge in [-0.15, -0.1) is 0 Å². The van der Waals surface area contributed by atoms with E-state index in [9.17, 15) is 13.2 Å². The highest BCUT2D eigenvalue weighted by atomic mass is 35.5. The third kappa shape index (κ3) is 4.73. The minimum atomic E-state index is -3.83. The van der Waals surface area contributed by atoms with Crippen molar-refractivity contribution in [3.63, 3.8) is 0 Å². The lowest BCUT2D eigenvalue weighted by Gasteiger charge is -2.05. The summed E-state index contributed by atoms with van der Waals surface area (Å²) in [4.78, 5) is 18.2. The van der Waals surface area contributed by atoms with Gasteiger partial charge >= 0.3 is 0 Å². The lowest BCUT2D eigenvalue weighted by molar-refractivity contribution is 0.102. The standard InChI is InChI=1S/C23H18ClN3O3S2/c1-14-6-8-15(9-7-14)21-20(18-4-2-3-5-19(18)24)26-23(31-21)27-22(28)16-10-12-17(13-11-16)32(25,29)30/h2-13H,1H3,(H2,25,29,30)(H,26,27,28). The second-order valence-corrected chi connectivity index (χ2v) is 10.0. The highest BCUT2D eigenvalue weighted by Gasteiger charge is 2.19. The van der Waals surface area contributed by atoms with E-state index in [1.54, 1.807) is 6.07 Å². The Bertz CT molecular complexity index is 1400. The molecule has 4 aromatic rings. The summed E-state index contributed by atoms with van der Waals surface area (Å²) in [6.07, 6.45) is 0. The second kappa shape index (κ2) is 8.84. The number of carbonyl (C=O) groups excluding carboxylic acids is 1. The third-order valence-corrected chi connectivity index (χ3v) is 7.01. The van der Waals surface area contributed by atoms with Gasteiger partial charge in [-0.3, -0.25) is 10.1 Å². The highest BCUT2D eigenvalue weighted by Crippen LogP contribution is 2.41. The van der Waals surface area contributed by atoms with Gasteiger partial charge in [0.1, 0.15) is 0 Å². The molecular weight excluding hydrogens is 466 g/mol. The normalized spacial score (nSPS) is 11.3. The molecule has 0 spiro atoms. The van der Waals surface area contributed by atoms with Crippen molar-refractivity contribution in [2.24, 2.45) is 5.14 Å². The largest absolute Gasteiger partial charge is 0.298 e. The van der Waals surface area contributed by atoms with Gasteiger partial charge in [0.25, 0.3) is 5.91 Å². The van der Waals surface area contributed by atoms with E-state index in [1.807, 2.05) is 49.4 Å². The van der Waals surface area contributed by atoms with Gasteiger partial charge in [0, 0.05) is 11.1 Å². The van der Waals surface area contributed by atoms with Crippen molar-refractivity contribution in [2.75, 3.05) is 5.32 Å². The zero-order valence-electron chi connectivity index (χ0n) is 16.9. The smallest absolute Gasteiger partial charge is 0.257 e. The summed E-state index contributed by atoms with van der Waals surface area (Å²) >= 11 is 7.76. The summed E-state index contributed by atoms with van der Waals surface area (Å²) < 4.78 is 22.8. The molecule has 9 heteroatoms. The summed E-state index contributed by atoms with van der Waals surface area (Å²) in [6, 6.07) is 20.8. The molecule has 0 bridgehead atoms. The topological polar surface area (TPSA) is 102 Å². The molecule has 4 rings (SSSR count). The number of primary sulfonamides is 1. The zero-order chi connectivity index (χ0) is 22.9. The number of thiazole rings is 1. The Hall–Kier alpha value is -3.04. The van der Waals surface area contributed by atoms with Crippen molar-refractivity contribution in [1.29, 1.82) is 0 Å². The van der Waals surface area contributed by atoms with Gasteiger partial charge in [0.15, 0.2) is 5.13 Å². The van der Waals surface area contributed by atoms with E-state index in [1.165, 1.54) is 35.6 Å². The van der Waals surface area contributed by atoms with Gasteiger partial charge in [0.2, 0.25) is 10.0 Å². The molecule has 0 fully saturated rings. The summed E-state index contributed by atoms with van der Waals surface area (Å²) in [5.74, 6) is -0.416. The number of anilines is 1. The first-order chi connectivity index (χ1) is 15.2. The molecule has 162 valence electrons. The number of aromatic nitrogens is 1.